The van der Waals surface area contributed by atoms with Crippen LogP contribution < -0.4 is 4.90 Å². The van der Waals surface area contributed by atoms with Crippen molar-refractivity contribution in [3.8, 4) is 0 Å². The number of aryl methyl sites for hydroxylation is 1. The van der Waals surface area contributed by atoms with E-state index >= 15 is 0 Å². The largest absolute Gasteiger partial charge is 0.455 e. The lowest BCUT2D eigenvalue weighted by Gasteiger charge is -2.28. The average molecular weight is 419 g/mol. The maximum atomic E-state index is 12.5. The summed E-state index contributed by atoms with van der Waals surface area (Å²) in [5.41, 5.74) is 1.02. The molecule has 2 aliphatic heterocycles. The molecular formula is C20H26N4O4S. The Hall–Kier alpha value is -2.10. The number of amides is 1. The molecule has 4 heterocycles. The van der Waals surface area contributed by atoms with E-state index in [0.717, 1.165) is 55.2 Å². The number of nitrogens with zero attached hydrogens (tertiary/aromatic N) is 4. The molecule has 0 unspecified atom stereocenters. The van der Waals surface area contributed by atoms with Gasteiger partial charge in [0, 0.05) is 37.9 Å². The number of hydrogen-bond donors (Lipinski definition) is 0. The molecule has 2 aromatic rings. The van der Waals surface area contributed by atoms with Gasteiger partial charge in [0.05, 0.1) is 32.2 Å². The van der Waals surface area contributed by atoms with E-state index in [-0.39, 0.29) is 5.91 Å². The summed E-state index contributed by atoms with van der Waals surface area (Å²) in [6.07, 6.45) is 0.854. The topological polar surface area (TPSA) is 80.9 Å². The summed E-state index contributed by atoms with van der Waals surface area (Å²) in [6.45, 7) is 7.58. The smallest absolute Gasteiger partial charge is 0.289 e. The molecule has 2 aromatic heterocycles. The van der Waals surface area contributed by atoms with Crippen molar-refractivity contribution < 1.29 is 18.7 Å². The third-order valence-electron chi connectivity index (χ3n) is 4.96. The molecule has 0 aromatic carbocycles. The molecule has 0 saturated carbocycles. The second kappa shape index (κ2) is 9.60. The number of thioether (sulfide) groups is 1. The Morgan fingerprint density at radius 1 is 1.07 bits per heavy atom. The van der Waals surface area contributed by atoms with E-state index in [2.05, 4.69) is 22.9 Å². The summed E-state index contributed by atoms with van der Waals surface area (Å²) in [6, 6.07) is 5.66. The molecule has 29 heavy (non-hydrogen) atoms. The highest BCUT2D eigenvalue weighted by Gasteiger charge is 2.21. The van der Waals surface area contributed by atoms with Gasteiger partial charge < -0.3 is 23.7 Å². The summed E-state index contributed by atoms with van der Waals surface area (Å²) in [7, 11) is 0. The third-order valence-corrected chi connectivity index (χ3v) is 5.83. The van der Waals surface area contributed by atoms with Gasteiger partial charge >= 0.3 is 0 Å². The lowest BCUT2D eigenvalue weighted by atomic mass is 10.3. The zero-order valence-electron chi connectivity index (χ0n) is 16.6. The highest BCUT2D eigenvalue weighted by atomic mass is 32.2. The molecule has 0 radical (unpaired) electrons. The molecule has 0 bridgehead atoms. The Labute approximate surface area is 174 Å². The number of aromatic nitrogens is 2. The number of carbonyl (C=O) groups is 1. The van der Waals surface area contributed by atoms with Gasteiger partial charge in [0.1, 0.15) is 11.6 Å². The standard InChI is InChI=1S/C20H26N4O4S/c1-2-15-13-18(23-5-9-26-10-6-23)22-20(21-15)29-14-16-3-4-17(28-16)19(25)24-7-11-27-12-8-24/h3-4,13H,2,5-12,14H2,1H3. The highest BCUT2D eigenvalue weighted by Crippen LogP contribution is 2.25. The minimum Gasteiger partial charge on any atom is -0.455 e. The van der Waals surface area contributed by atoms with E-state index in [4.69, 9.17) is 18.9 Å². The molecule has 1 amide bonds. The van der Waals surface area contributed by atoms with E-state index in [1.807, 2.05) is 6.07 Å². The van der Waals surface area contributed by atoms with Crippen LogP contribution in [0, 0.1) is 0 Å². The fourth-order valence-corrected chi connectivity index (χ4v) is 4.05. The lowest BCUT2D eigenvalue weighted by Crippen LogP contribution is -2.40. The summed E-state index contributed by atoms with van der Waals surface area (Å²) >= 11 is 1.52. The van der Waals surface area contributed by atoms with E-state index in [1.165, 1.54) is 11.8 Å². The van der Waals surface area contributed by atoms with Gasteiger partial charge in [-0.1, -0.05) is 18.7 Å². The van der Waals surface area contributed by atoms with E-state index in [1.54, 1.807) is 11.0 Å². The maximum Gasteiger partial charge on any atom is 0.289 e. The molecule has 0 spiro atoms. The van der Waals surface area contributed by atoms with E-state index in [9.17, 15) is 4.79 Å². The summed E-state index contributed by atoms with van der Waals surface area (Å²) in [4.78, 5) is 25.9. The molecular weight excluding hydrogens is 392 g/mol. The Morgan fingerprint density at radius 3 is 2.52 bits per heavy atom. The molecule has 0 aliphatic carbocycles. The van der Waals surface area contributed by atoms with Crippen LogP contribution in [-0.4, -0.2) is 73.4 Å². The first kappa shape index (κ1) is 20.2. The molecule has 0 atom stereocenters. The Bertz CT molecular complexity index is 832. The molecule has 2 fully saturated rings. The van der Waals surface area contributed by atoms with Crippen LogP contribution in [0.3, 0.4) is 0 Å². The van der Waals surface area contributed by atoms with Gasteiger partial charge in [-0.3, -0.25) is 4.79 Å². The predicted octanol–water partition coefficient (Wildman–Crippen LogP) is 2.23. The van der Waals surface area contributed by atoms with E-state index < -0.39 is 0 Å². The van der Waals surface area contributed by atoms with Crippen LogP contribution in [0.1, 0.15) is 28.9 Å². The van der Waals surface area contributed by atoms with Crippen LogP contribution in [0.2, 0.25) is 0 Å². The second-order valence-corrected chi connectivity index (χ2v) is 7.85. The molecule has 8 nitrogen and oxygen atoms in total. The van der Waals surface area contributed by atoms with Crippen LogP contribution in [0.15, 0.2) is 27.8 Å². The molecule has 2 aliphatic rings. The van der Waals surface area contributed by atoms with E-state index in [0.29, 0.717) is 37.8 Å². The Kier molecular flexibility index (Phi) is 6.68. The molecule has 156 valence electrons. The fraction of sp³-hybridized carbons (Fsp3) is 0.550. The SMILES string of the molecule is CCc1cc(N2CCOCC2)nc(SCc2ccc(C(=O)N3CCOCC3)o2)n1. The fourth-order valence-electron chi connectivity index (χ4n) is 3.29. The van der Waals surface area contributed by atoms with Crippen LogP contribution in [0.25, 0.3) is 0 Å². The van der Waals surface area contributed by atoms with Crippen molar-refractivity contribution in [1.29, 1.82) is 0 Å². The number of morpholine rings is 2. The van der Waals surface area contributed by atoms with Gasteiger partial charge in [0.15, 0.2) is 10.9 Å². The van der Waals surface area contributed by atoms with Crippen molar-refractivity contribution in [2.45, 2.75) is 24.3 Å². The first-order chi connectivity index (χ1) is 14.2. The predicted molar refractivity (Wildman–Crippen MR) is 109 cm³/mol. The van der Waals surface area contributed by atoms with Crippen LogP contribution in [0.5, 0.6) is 0 Å². The van der Waals surface area contributed by atoms with Crippen LogP contribution >= 0.6 is 11.8 Å². The maximum absolute atomic E-state index is 12.5. The van der Waals surface area contributed by atoms with Gasteiger partial charge in [-0.2, -0.15) is 0 Å². The third kappa shape index (κ3) is 5.09. The molecule has 2 saturated heterocycles. The van der Waals surface area contributed by atoms with Gasteiger partial charge in [0.25, 0.3) is 5.91 Å². The van der Waals surface area contributed by atoms with Crippen molar-refractivity contribution >= 4 is 23.5 Å². The van der Waals surface area contributed by atoms with Crippen molar-refractivity contribution in [3.63, 3.8) is 0 Å². The monoisotopic (exact) mass is 418 g/mol. The summed E-state index contributed by atoms with van der Waals surface area (Å²) < 4.78 is 16.5. The molecule has 0 N–H and O–H groups in total. The number of hydrogen-bond acceptors (Lipinski definition) is 8. The van der Waals surface area contributed by atoms with Crippen molar-refractivity contribution in [3.05, 3.63) is 35.4 Å². The zero-order valence-corrected chi connectivity index (χ0v) is 17.4. The quantitative estimate of drug-likeness (QED) is 0.522. The second-order valence-electron chi connectivity index (χ2n) is 6.91. The first-order valence-corrected chi connectivity index (χ1v) is 11.0. The lowest BCUT2D eigenvalue weighted by molar-refractivity contribution is 0.0282. The van der Waals surface area contributed by atoms with Crippen LogP contribution in [-0.2, 0) is 21.6 Å². The van der Waals surface area contributed by atoms with Gasteiger partial charge in [-0.25, -0.2) is 9.97 Å². The minimum absolute atomic E-state index is 0.0802. The van der Waals surface area contributed by atoms with Gasteiger partial charge in [-0.05, 0) is 18.6 Å². The number of anilines is 1. The van der Waals surface area contributed by atoms with Crippen LogP contribution in [0.4, 0.5) is 5.82 Å². The highest BCUT2D eigenvalue weighted by molar-refractivity contribution is 7.98. The number of carbonyl (C=O) groups excluding carboxylic acids is 1. The number of rotatable bonds is 6. The molecule has 9 heteroatoms. The summed E-state index contributed by atoms with van der Waals surface area (Å²) in [5.74, 6) is 2.56. The number of ether oxygens (including phenoxy) is 2. The minimum atomic E-state index is -0.0802. The molecule has 4 rings (SSSR count). The number of furan rings is 1. The van der Waals surface area contributed by atoms with Gasteiger partial charge in [-0.15, -0.1) is 0 Å². The average Bonchev–Trinajstić information content (AvgIpc) is 3.27. The Morgan fingerprint density at radius 2 is 1.79 bits per heavy atom. The Balaban J connectivity index is 1.41. The van der Waals surface area contributed by atoms with Gasteiger partial charge in [0.2, 0.25) is 0 Å². The van der Waals surface area contributed by atoms with Crippen molar-refractivity contribution in [2.24, 2.45) is 0 Å². The zero-order chi connectivity index (χ0) is 20.1. The first-order valence-electron chi connectivity index (χ1n) is 10.0. The van der Waals surface area contributed by atoms with Crippen molar-refractivity contribution in [2.75, 3.05) is 57.5 Å². The normalized spacial score (nSPS) is 17.6. The summed E-state index contributed by atoms with van der Waals surface area (Å²) in [5, 5.41) is 0.725. The van der Waals surface area contributed by atoms with Crippen molar-refractivity contribution in [1.82, 2.24) is 14.9 Å².